The van der Waals surface area contributed by atoms with Crippen LogP contribution in [0.25, 0.3) is 0 Å². The summed E-state index contributed by atoms with van der Waals surface area (Å²) in [6.45, 7) is 3.22. The molecule has 1 fully saturated rings. The van der Waals surface area contributed by atoms with Gasteiger partial charge in [-0.3, -0.25) is 4.79 Å². The van der Waals surface area contributed by atoms with Gasteiger partial charge in [-0.2, -0.15) is 0 Å². The van der Waals surface area contributed by atoms with Gasteiger partial charge in [0.1, 0.15) is 6.10 Å². The SMILES string of the molecule is COc1ccc(NC2=C(C)C(=O)CC2)cc1O[C@H]1CCOC1. The van der Waals surface area contributed by atoms with Crippen molar-refractivity contribution in [1.29, 1.82) is 0 Å². The van der Waals surface area contributed by atoms with Crippen LogP contribution in [0.4, 0.5) is 5.69 Å². The number of nitrogens with one attached hydrogen (secondary N) is 1. The summed E-state index contributed by atoms with van der Waals surface area (Å²) in [5, 5.41) is 3.33. The highest BCUT2D eigenvalue weighted by Gasteiger charge is 2.21. The van der Waals surface area contributed by atoms with Crippen molar-refractivity contribution in [3.05, 3.63) is 29.5 Å². The van der Waals surface area contributed by atoms with E-state index in [4.69, 9.17) is 14.2 Å². The number of hydrogen-bond donors (Lipinski definition) is 1. The van der Waals surface area contributed by atoms with Gasteiger partial charge >= 0.3 is 0 Å². The Kier molecular flexibility index (Phi) is 4.34. The normalized spacial score (nSPS) is 21.4. The van der Waals surface area contributed by atoms with Crippen LogP contribution in [0.5, 0.6) is 11.5 Å². The molecule has 0 aromatic heterocycles. The molecule has 1 atom stereocenters. The lowest BCUT2D eigenvalue weighted by Crippen LogP contribution is -2.16. The first-order valence-electron chi connectivity index (χ1n) is 7.60. The van der Waals surface area contributed by atoms with Crippen LogP contribution in [0.2, 0.25) is 0 Å². The molecule has 0 saturated carbocycles. The maximum atomic E-state index is 11.6. The van der Waals surface area contributed by atoms with Gasteiger partial charge in [0.15, 0.2) is 17.3 Å². The summed E-state index contributed by atoms with van der Waals surface area (Å²) in [4.78, 5) is 11.6. The van der Waals surface area contributed by atoms with Crippen LogP contribution in [0.15, 0.2) is 29.5 Å². The largest absolute Gasteiger partial charge is 0.493 e. The number of Topliss-reactive ketones (excluding diaryl/α,β-unsaturated/α-hetero) is 1. The van der Waals surface area contributed by atoms with Crippen molar-refractivity contribution >= 4 is 11.5 Å². The van der Waals surface area contributed by atoms with Crippen LogP contribution in [0.3, 0.4) is 0 Å². The van der Waals surface area contributed by atoms with E-state index in [0.29, 0.717) is 24.5 Å². The van der Waals surface area contributed by atoms with Gasteiger partial charge in [-0.15, -0.1) is 0 Å². The summed E-state index contributed by atoms with van der Waals surface area (Å²) < 4.78 is 16.7. The van der Waals surface area contributed by atoms with Gasteiger partial charge in [-0.1, -0.05) is 0 Å². The molecule has 0 radical (unpaired) electrons. The topological polar surface area (TPSA) is 56.8 Å². The Balaban J connectivity index is 1.79. The van der Waals surface area contributed by atoms with Crippen LogP contribution < -0.4 is 14.8 Å². The Morgan fingerprint density at radius 1 is 1.27 bits per heavy atom. The number of ether oxygens (including phenoxy) is 3. The highest BCUT2D eigenvalue weighted by atomic mass is 16.6. The van der Waals surface area contributed by atoms with E-state index in [1.165, 1.54) is 0 Å². The van der Waals surface area contributed by atoms with Crippen molar-refractivity contribution in [2.45, 2.75) is 32.3 Å². The van der Waals surface area contributed by atoms with Crippen molar-refractivity contribution in [1.82, 2.24) is 0 Å². The van der Waals surface area contributed by atoms with Gasteiger partial charge < -0.3 is 19.5 Å². The molecule has 1 aromatic carbocycles. The van der Waals surface area contributed by atoms with Crippen LogP contribution in [0, 0.1) is 0 Å². The van der Waals surface area contributed by atoms with E-state index in [2.05, 4.69) is 5.32 Å². The van der Waals surface area contributed by atoms with E-state index in [0.717, 1.165) is 36.4 Å². The molecule has 1 heterocycles. The van der Waals surface area contributed by atoms with Gasteiger partial charge in [0, 0.05) is 35.9 Å². The number of methoxy groups -OCH3 is 1. The molecule has 0 amide bonds. The molecule has 5 nitrogen and oxygen atoms in total. The molecule has 5 heteroatoms. The van der Waals surface area contributed by atoms with Crippen LogP contribution in [-0.4, -0.2) is 32.2 Å². The first-order chi connectivity index (χ1) is 10.7. The van der Waals surface area contributed by atoms with Gasteiger partial charge in [0.2, 0.25) is 0 Å². The Hall–Kier alpha value is -2.01. The summed E-state index contributed by atoms with van der Waals surface area (Å²) >= 11 is 0. The van der Waals surface area contributed by atoms with E-state index in [1.54, 1.807) is 7.11 Å². The quantitative estimate of drug-likeness (QED) is 0.906. The lowest BCUT2D eigenvalue weighted by molar-refractivity contribution is -0.114. The zero-order valence-electron chi connectivity index (χ0n) is 13.0. The molecular formula is C17H21NO4. The monoisotopic (exact) mass is 303 g/mol. The minimum Gasteiger partial charge on any atom is -0.493 e. The highest BCUT2D eigenvalue weighted by Crippen LogP contribution is 2.33. The predicted octanol–water partition coefficient (Wildman–Crippen LogP) is 2.91. The number of anilines is 1. The molecule has 0 bridgehead atoms. The third-order valence-corrected chi connectivity index (χ3v) is 4.11. The summed E-state index contributed by atoms with van der Waals surface area (Å²) in [6.07, 6.45) is 2.31. The van der Waals surface area contributed by atoms with Crippen molar-refractivity contribution in [2.24, 2.45) is 0 Å². The van der Waals surface area contributed by atoms with Gasteiger partial charge in [-0.25, -0.2) is 0 Å². The zero-order chi connectivity index (χ0) is 15.5. The molecule has 118 valence electrons. The second kappa shape index (κ2) is 6.40. The average Bonchev–Trinajstić information content (AvgIpc) is 3.13. The van der Waals surface area contributed by atoms with Crippen LogP contribution in [-0.2, 0) is 9.53 Å². The maximum Gasteiger partial charge on any atom is 0.163 e. The fourth-order valence-corrected chi connectivity index (χ4v) is 2.74. The van der Waals surface area contributed by atoms with Crippen molar-refractivity contribution < 1.29 is 19.0 Å². The van der Waals surface area contributed by atoms with E-state index in [9.17, 15) is 4.79 Å². The smallest absolute Gasteiger partial charge is 0.163 e. The summed E-state index contributed by atoms with van der Waals surface area (Å²) in [6, 6.07) is 5.72. The Morgan fingerprint density at radius 2 is 2.14 bits per heavy atom. The fourth-order valence-electron chi connectivity index (χ4n) is 2.74. The van der Waals surface area contributed by atoms with E-state index in [-0.39, 0.29) is 11.9 Å². The third kappa shape index (κ3) is 3.09. The standard InChI is InChI=1S/C17H21NO4/c1-11-14(4-5-15(11)19)18-12-3-6-16(20-2)17(9-12)22-13-7-8-21-10-13/h3,6,9,13,18H,4-5,7-8,10H2,1-2H3/t13-/m0/s1. The number of allylic oxidation sites excluding steroid dienone is 2. The van der Waals surface area contributed by atoms with Crippen molar-refractivity contribution in [3.63, 3.8) is 0 Å². The molecule has 2 aliphatic rings. The number of carbonyl (C=O) groups is 1. The number of hydrogen-bond acceptors (Lipinski definition) is 5. The molecule has 22 heavy (non-hydrogen) atoms. The molecule has 1 saturated heterocycles. The van der Waals surface area contributed by atoms with Crippen LogP contribution >= 0.6 is 0 Å². The molecule has 3 rings (SSSR count). The van der Waals surface area contributed by atoms with E-state index < -0.39 is 0 Å². The second-order valence-electron chi connectivity index (χ2n) is 5.62. The molecule has 0 spiro atoms. The second-order valence-corrected chi connectivity index (χ2v) is 5.62. The van der Waals surface area contributed by atoms with Crippen molar-refractivity contribution in [3.8, 4) is 11.5 Å². The average molecular weight is 303 g/mol. The predicted molar refractivity (Wildman–Crippen MR) is 83.4 cm³/mol. The Morgan fingerprint density at radius 3 is 2.77 bits per heavy atom. The highest BCUT2D eigenvalue weighted by molar-refractivity contribution is 5.98. The van der Waals surface area contributed by atoms with Crippen molar-refractivity contribution in [2.75, 3.05) is 25.6 Å². The van der Waals surface area contributed by atoms with Crippen LogP contribution in [0.1, 0.15) is 26.2 Å². The summed E-state index contributed by atoms with van der Waals surface area (Å²) in [7, 11) is 1.63. The van der Waals surface area contributed by atoms with E-state index in [1.807, 2.05) is 25.1 Å². The zero-order valence-corrected chi connectivity index (χ0v) is 13.0. The Labute approximate surface area is 130 Å². The minimum atomic E-state index is 0.0677. The van der Waals surface area contributed by atoms with Gasteiger partial charge in [0.05, 0.1) is 20.3 Å². The maximum absolute atomic E-state index is 11.6. The lowest BCUT2D eigenvalue weighted by Gasteiger charge is -2.17. The number of ketones is 1. The third-order valence-electron chi connectivity index (χ3n) is 4.11. The summed E-state index contributed by atoms with van der Waals surface area (Å²) in [5.74, 6) is 1.62. The summed E-state index contributed by atoms with van der Waals surface area (Å²) in [5.41, 5.74) is 2.71. The lowest BCUT2D eigenvalue weighted by atomic mass is 10.2. The van der Waals surface area contributed by atoms with Gasteiger partial charge in [-0.05, 0) is 25.5 Å². The first-order valence-corrected chi connectivity index (χ1v) is 7.60. The van der Waals surface area contributed by atoms with E-state index >= 15 is 0 Å². The minimum absolute atomic E-state index is 0.0677. The Bertz CT molecular complexity index is 603. The molecule has 1 aromatic rings. The first kappa shape index (κ1) is 14.9. The number of rotatable bonds is 5. The molecular weight excluding hydrogens is 282 g/mol. The molecule has 0 unspecified atom stereocenters. The molecule has 1 aliphatic heterocycles. The number of carbonyl (C=O) groups excluding carboxylic acids is 1. The molecule has 1 N–H and O–H groups in total. The number of benzene rings is 1. The molecule has 1 aliphatic carbocycles. The fraction of sp³-hybridized carbons (Fsp3) is 0.471. The van der Waals surface area contributed by atoms with Gasteiger partial charge in [0.25, 0.3) is 0 Å².